The first kappa shape index (κ1) is 15.0. The summed E-state index contributed by atoms with van der Waals surface area (Å²) in [4.78, 5) is 11.1. The van der Waals surface area contributed by atoms with E-state index in [0.717, 1.165) is 5.56 Å². The van der Waals surface area contributed by atoms with Crippen molar-refractivity contribution in [2.24, 2.45) is 5.73 Å². The lowest BCUT2D eigenvalue weighted by molar-refractivity contribution is 0.0996. The molecule has 0 radical (unpaired) electrons. The number of rotatable bonds is 5. The maximum absolute atomic E-state index is 13.4. The van der Waals surface area contributed by atoms with Crippen LogP contribution in [0, 0.1) is 11.6 Å². The Morgan fingerprint density at radius 2 is 1.86 bits per heavy atom. The summed E-state index contributed by atoms with van der Waals surface area (Å²) < 4.78 is 26.2. The number of amides is 1. The van der Waals surface area contributed by atoms with Crippen LogP contribution in [0.4, 0.5) is 14.5 Å². The van der Waals surface area contributed by atoms with Gasteiger partial charge in [-0.05, 0) is 49.2 Å². The average Bonchev–Trinajstić information content (AvgIpc) is 2.43. The first-order valence-electron chi connectivity index (χ1n) is 6.56. The first-order chi connectivity index (χ1) is 9.95. The van der Waals surface area contributed by atoms with Gasteiger partial charge in [0.25, 0.3) is 5.91 Å². The van der Waals surface area contributed by atoms with Gasteiger partial charge in [0.2, 0.25) is 0 Å². The van der Waals surface area contributed by atoms with Gasteiger partial charge >= 0.3 is 0 Å². The van der Waals surface area contributed by atoms with Crippen LogP contribution in [-0.4, -0.2) is 11.9 Å². The number of benzene rings is 2. The lowest BCUT2D eigenvalue weighted by Crippen LogP contribution is -2.19. The van der Waals surface area contributed by atoms with E-state index in [0.29, 0.717) is 12.1 Å². The second-order valence-corrected chi connectivity index (χ2v) is 4.93. The molecule has 2 aromatic carbocycles. The molecule has 1 amide bonds. The molecule has 0 bridgehead atoms. The molecule has 2 rings (SSSR count). The Bertz CT molecular complexity index is 641. The van der Waals surface area contributed by atoms with Crippen molar-refractivity contribution < 1.29 is 13.6 Å². The van der Waals surface area contributed by atoms with Crippen LogP contribution in [0.15, 0.2) is 42.5 Å². The van der Waals surface area contributed by atoms with Crippen LogP contribution in [0.5, 0.6) is 0 Å². The average molecular weight is 290 g/mol. The lowest BCUT2D eigenvalue weighted by Gasteiger charge is -2.16. The van der Waals surface area contributed by atoms with E-state index in [4.69, 9.17) is 5.73 Å². The summed E-state index contributed by atoms with van der Waals surface area (Å²) in [5.41, 5.74) is 6.56. The Balaban J connectivity index is 2.05. The van der Waals surface area contributed by atoms with Gasteiger partial charge in [0.05, 0.1) is 5.56 Å². The molecule has 3 nitrogen and oxygen atoms in total. The van der Waals surface area contributed by atoms with Crippen LogP contribution in [0.2, 0.25) is 0 Å². The fraction of sp³-hybridized carbons (Fsp3) is 0.188. The number of carbonyl (C=O) groups excluding carboxylic acids is 1. The third-order valence-corrected chi connectivity index (χ3v) is 3.10. The Hall–Kier alpha value is -2.43. The summed E-state index contributed by atoms with van der Waals surface area (Å²) in [6.45, 7) is 1.94. The van der Waals surface area contributed by atoms with Gasteiger partial charge in [0.1, 0.15) is 11.6 Å². The second-order valence-electron chi connectivity index (χ2n) is 4.93. The number of primary amides is 1. The van der Waals surface area contributed by atoms with E-state index < -0.39 is 11.7 Å². The minimum atomic E-state index is -0.803. The highest BCUT2D eigenvalue weighted by Crippen LogP contribution is 2.16. The monoisotopic (exact) mass is 290 g/mol. The molecule has 1 atom stereocenters. The third-order valence-electron chi connectivity index (χ3n) is 3.10. The van der Waals surface area contributed by atoms with Gasteiger partial charge in [-0.1, -0.05) is 12.1 Å². The summed E-state index contributed by atoms with van der Waals surface area (Å²) in [5.74, 6) is -1.72. The molecule has 1 unspecified atom stereocenters. The smallest absolute Gasteiger partial charge is 0.251 e. The predicted octanol–water partition coefficient (Wildman–Crippen LogP) is 3.11. The topological polar surface area (TPSA) is 55.1 Å². The third kappa shape index (κ3) is 4.02. The standard InChI is InChI=1S/C16H16F2N2O/c1-10(8-11-2-4-12(17)5-3-11)20-13-6-7-15(18)14(9-13)16(19)21/h2-7,9-10,20H,8H2,1H3,(H2,19,21). The fourth-order valence-corrected chi connectivity index (χ4v) is 2.11. The Kier molecular flexibility index (Phi) is 4.52. The Labute approximate surface area is 121 Å². The van der Waals surface area contributed by atoms with E-state index in [1.807, 2.05) is 6.92 Å². The van der Waals surface area contributed by atoms with E-state index in [2.05, 4.69) is 5.32 Å². The fourth-order valence-electron chi connectivity index (χ4n) is 2.11. The van der Waals surface area contributed by atoms with Gasteiger partial charge in [-0.2, -0.15) is 0 Å². The van der Waals surface area contributed by atoms with Crippen LogP contribution in [-0.2, 0) is 6.42 Å². The van der Waals surface area contributed by atoms with Gasteiger partial charge < -0.3 is 11.1 Å². The summed E-state index contributed by atoms with van der Waals surface area (Å²) in [6, 6.07) is 10.4. The Morgan fingerprint density at radius 1 is 1.19 bits per heavy atom. The van der Waals surface area contributed by atoms with Crippen LogP contribution in [0.1, 0.15) is 22.8 Å². The molecular weight excluding hydrogens is 274 g/mol. The quantitative estimate of drug-likeness (QED) is 0.889. The number of nitrogens with two attached hydrogens (primary N) is 1. The summed E-state index contributed by atoms with van der Waals surface area (Å²) in [7, 11) is 0. The number of halogens is 2. The van der Waals surface area contributed by atoms with E-state index in [-0.39, 0.29) is 17.4 Å². The van der Waals surface area contributed by atoms with Crippen LogP contribution in [0.3, 0.4) is 0 Å². The zero-order valence-electron chi connectivity index (χ0n) is 11.6. The van der Waals surface area contributed by atoms with Gasteiger partial charge in [-0.15, -0.1) is 0 Å². The van der Waals surface area contributed by atoms with Crippen molar-refractivity contribution in [2.75, 3.05) is 5.32 Å². The van der Waals surface area contributed by atoms with Crippen molar-refractivity contribution in [3.05, 3.63) is 65.2 Å². The van der Waals surface area contributed by atoms with E-state index >= 15 is 0 Å². The largest absolute Gasteiger partial charge is 0.382 e. The van der Waals surface area contributed by atoms with Crippen molar-refractivity contribution in [2.45, 2.75) is 19.4 Å². The highest BCUT2D eigenvalue weighted by atomic mass is 19.1. The minimum absolute atomic E-state index is 0.0293. The van der Waals surface area contributed by atoms with Crippen molar-refractivity contribution in [1.29, 1.82) is 0 Å². The van der Waals surface area contributed by atoms with E-state index in [1.165, 1.54) is 24.3 Å². The molecule has 0 fully saturated rings. The molecule has 2 aromatic rings. The molecule has 0 saturated heterocycles. The number of anilines is 1. The maximum Gasteiger partial charge on any atom is 0.251 e. The molecule has 0 heterocycles. The number of nitrogens with one attached hydrogen (secondary N) is 1. The van der Waals surface area contributed by atoms with Crippen LogP contribution >= 0.6 is 0 Å². The van der Waals surface area contributed by atoms with Crippen molar-refractivity contribution >= 4 is 11.6 Å². The molecule has 0 aliphatic heterocycles. The zero-order valence-corrected chi connectivity index (χ0v) is 11.6. The number of carbonyl (C=O) groups is 1. The van der Waals surface area contributed by atoms with Gasteiger partial charge in [-0.3, -0.25) is 4.79 Å². The van der Waals surface area contributed by atoms with Crippen molar-refractivity contribution in [3.8, 4) is 0 Å². The van der Waals surface area contributed by atoms with E-state index in [1.54, 1.807) is 18.2 Å². The van der Waals surface area contributed by atoms with Crippen molar-refractivity contribution in [3.63, 3.8) is 0 Å². The highest BCUT2D eigenvalue weighted by molar-refractivity contribution is 5.94. The van der Waals surface area contributed by atoms with Gasteiger partial charge in [0, 0.05) is 11.7 Å². The molecule has 0 aliphatic carbocycles. The molecule has 110 valence electrons. The molecule has 0 aliphatic rings. The van der Waals surface area contributed by atoms with Crippen molar-refractivity contribution in [1.82, 2.24) is 0 Å². The SMILES string of the molecule is CC(Cc1ccc(F)cc1)Nc1ccc(F)c(C(N)=O)c1. The minimum Gasteiger partial charge on any atom is -0.382 e. The summed E-state index contributed by atoms with van der Waals surface area (Å²) in [5, 5.41) is 3.16. The molecule has 3 N–H and O–H groups in total. The number of hydrogen-bond acceptors (Lipinski definition) is 2. The molecule has 21 heavy (non-hydrogen) atoms. The van der Waals surface area contributed by atoms with E-state index in [9.17, 15) is 13.6 Å². The molecule has 5 heteroatoms. The maximum atomic E-state index is 13.4. The molecule has 0 spiro atoms. The predicted molar refractivity (Wildman–Crippen MR) is 78.1 cm³/mol. The second kappa shape index (κ2) is 6.35. The lowest BCUT2D eigenvalue weighted by atomic mass is 10.1. The summed E-state index contributed by atoms with van der Waals surface area (Å²) in [6.07, 6.45) is 0.670. The zero-order chi connectivity index (χ0) is 15.4. The van der Waals surface area contributed by atoms with Gasteiger partial charge in [-0.25, -0.2) is 8.78 Å². The highest BCUT2D eigenvalue weighted by Gasteiger charge is 2.10. The first-order valence-corrected chi connectivity index (χ1v) is 6.56. The van der Waals surface area contributed by atoms with Crippen LogP contribution in [0.25, 0.3) is 0 Å². The number of hydrogen-bond donors (Lipinski definition) is 2. The molecular formula is C16H16F2N2O. The molecule has 0 aromatic heterocycles. The van der Waals surface area contributed by atoms with Crippen LogP contribution < -0.4 is 11.1 Å². The summed E-state index contributed by atoms with van der Waals surface area (Å²) >= 11 is 0. The van der Waals surface area contributed by atoms with Gasteiger partial charge in [0.15, 0.2) is 0 Å². The Morgan fingerprint density at radius 3 is 2.48 bits per heavy atom. The normalized spacial score (nSPS) is 12.0. The molecule has 0 saturated carbocycles.